The molecule has 4 heteroatoms. The lowest BCUT2D eigenvalue weighted by Crippen LogP contribution is -2.28. The lowest BCUT2D eigenvalue weighted by Gasteiger charge is -2.14. The molecule has 0 aliphatic heterocycles. The number of nitrogen functional groups attached to an aromatic ring is 1. The van der Waals surface area contributed by atoms with E-state index in [1.165, 1.54) is 0 Å². The first kappa shape index (κ1) is 13.0. The van der Waals surface area contributed by atoms with E-state index in [1.54, 1.807) is 55.5 Å². The molecule has 1 atom stereocenters. The number of carbonyl (C=O) groups excluding carboxylic acids is 1. The van der Waals surface area contributed by atoms with E-state index in [-0.39, 0.29) is 0 Å². The SMILES string of the molecule is C[C@H](Oc1cccc(N)c1)C(=O)Oc1ccccc1. The fourth-order valence-electron chi connectivity index (χ4n) is 1.53. The predicted molar refractivity (Wildman–Crippen MR) is 73.0 cm³/mol. The molecule has 2 aromatic rings. The van der Waals surface area contributed by atoms with Gasteiger partial charge in [-0.05, 0) is 31.2 Å². The molecule has 0 aliphatic rings. The van der Waals surface area contributed by atoms with Gasteiger partial charge in [-0.15, -0.1) is 0 Å². The van der Waals surface area contributed by atoms with E-state index in [1.807, 2.05) is 6.07 Å². The maximum atomic E-state index is 11.8. The number of anilines is 1. The van der Waals surface area contributed by atoms with E-state index in [2.05, 4.69) is 0 Å². The van der Waals surface area contributed by atoms with Crippen LogP contribution in [0.3, 0.4) is 0 Å². The number of ether oxygens (including phenoxy) is 2. The standard InChI is InChI=1S/C15H15NO3/c1-11(18-14-9-5-6-12(16)10-14)15(17)19-13-7-3-2-4-8-13/h2-11H,16H2,1H3/t11-/m0/s1. The Kier molecular flexibility index (Phi) is 4.03. The van der Waals surface area contributed by atoms with Gasteiger partial charge in [-0.3, -0.25) is 0 Å². The molecule has 0 bridgehead atoms. The highest BCUT2D eigenvalue weighted by molar-refractivity contribution is 5.77. The number of rotatable bonds is 4. The normalized spacial score (nSPS) is 11.6. The highest BCUT2D eigenvalue weighted by atomic mass is 16.6. The van der Waals surface area contributed by atoms with Crippen molar-refractivity contribution >= 4 is 11.7 Å². The zero-order chi connectivity index (χ0) is 13.7. The van der Waals surface area contributed by atoms with Gasteiger partial charge in [0.05, 0.1) is 0 Å². The molecule has 2 N–H and O–H groups in total. The highest BCUT2D eigenvalue weighted by Gasteiger charge is 2.17. The van der Waals surface area contributed by atoms with Crippen LogP contribution in [0.25, 0.3) is 0 Å². The Morgan fingerprint density at radius 3 is 2.42 bits per heavy atom. The molecule has 4 nitrogen and oxygen atoms in total. The predicted octanol–water partition coefficient (Wildman–Crippen LogP) is 2.64. The summed E-state index contributed by atoms with van der Waals surface area (Å²) in [6, 6.07) is 15.8. The maximum Gasteiger partial charge on any atom is 0.352 e. The molecule has 0 radical (unpaired) electrons. The first-order valence-corrected chi connectivity index (χ1v) is 5.94. The Morgan fingerprint density at radius 2 is 1.74 bits per heavy atom. The number of para-hydroxylation sites is 1. The second kappa shape index (κ2) is 5.91. The van der Waals surface area contributed by atoms with Crippen molar-refractivity contribution in [3.8, 4) is 11.5 Å². The van der Waals surface area contributed by atoms with Crippen molar-refractivity contribution in [3.05, 3.63) is 54.6 Å². The Labute approximate surface area is 111 Å². The van der Waals surface area contributed by atoms with Crippen LogP contribution in [0.2, 0.25) is 0 Å². The van der Waals surface area contributed by atoms with Crippen molar-refractivity contribution < 1.29 is 14.3 Å². The monoisotopic (exact) mass is 257 g/mol. The van der Waals surface area contributed by atoms with Crippen molar-refractivity contribution in [2.45, 2.75) is 13.0 Å². The molecular formula is C15H15NO3. The average Bonchev–Trinajstić information content (AvgIpc) is 2.40. The molecular weight excluding hydrogens is 242 g/mol. The molecule has 0 fully saturated rings. The van der Waals surface area contributed by atoms with Crippen LogP contribution in [0.4, 0.5) is 5.69 Å². The Morgan fingerprint density at radius 1 is 1.05 bits per heavy atom. The minimum Gasteiger partial charge on any atom is -0.479 e. The summed E-state index contributed by atoms with van der Waals surface area (Å²) in [6.45, 7) is 1.63. The van der Waals surface area contributed by atoms with Gasteiger partial charge in [-0.25, -0.2) is 4.79 Å². The molecule has 19 heavy (non-hydrogen) atoms. The van der Waals surface area contributed by atoms with Crippen molar-refractivity contribution in [1.82, 2.24) is 0 Å². The molecule has 0 amide bonds. The van der Waals surface area contributed by atoms with Crippen LogP contribution in [0.15, 0.2) is 54.6 Å². The quantitative estimate of drug-likeness (QED) is 0.519. The Balaban J connectivity index is 1.96. The molecule has 2 rings (SSSR count). The molecule has 0 saturated heterocycles. The second-order valence-electron chi connectivity index (χ2n) is 4.07. The van der Waals surface area contributed by atoms with Crippen molar-refractivity contribution in [2.75, 3.05) is 5.73 Å². The number of carbonyl (C=O) groups is 1. The van der Waals surface area contributed by atoms with Crippen LogP contribution in [0.1, 0.15) is 6.92 Å². The van der Waals surface area contributed by atoms with Gasteiger partial charge in [-0.2, -0.15) is 0 Å². The van der Waals surface area contributed by atoms with Crippen LogP contribution in [0.5, 0.6) is 11.5 Å². The number of hydrogen-bond acceptors (Lipinski definition) is 4. The third kappa shape index (κ3) is 3.74. The topological polar surface area (TPSA) is 61.5 Å². The zero-order valence-corrected chi connectivity index (χ0v) is 10.6. The van der Waals surface area contributed by atoms with Crippen LogP contribution in [-0.4, -0.2) is 12.1 Å². The second-order valence-corrected chi connectivity index (χ2v) is 4.07. The third-order valence-corrected chi connectivity index (χ3v) is 2.46. The first-order valence-electron chi connectivity index (χ1n) is 5.94. The van der Waals surface area contributed by atoms with E-state index in [4.69, 9.17) is 15.2 Å². The maximum absolute atomic E-state index is 11.8. The van der Waals surface area contributed by atoms with Gasteiger partial charge in [-0.1, -0.05) is 24.3 Å². The van der Waals surface area contributed by atoms with E-state index in [0.717, 1.165) is 0 Å². The van der Waals surface area contributed by atoms with Crippen LogP contribution in [-0.2, 0) is 4.79 Å². The van der Waals surface area contributed by atoms with Crippen molar-refractivity contribution in [1.29, 1.82) is 0 Å². The largest absolute Gasteiger partial charge is 0.479 e. The van der Waals surface area contributed by atoms with Gasteiger partial charge in [0.1, 0.15) is 11.5 Å². The first-order chi connectivity index (χ1) is 9.15. The lowest BCUT2D eigenvalue weighted by atomic mass is 10.3. The van der Waals surface area contributed by atoms with Gasteiger partial charge in [0.2, 0.25) is 0 Å². The minimum atomic E-state index is -0.706. The number of hydrogen-bond donors (Lipinski definition) is 1. The summed E-state index contributed by atoms with van der Waals surface area (Å²) >= 11 is 0. The lowest BCUT2D eigenvalue weighted by molar-refractivity contribution is -0.141. The van der Waals surface area contributed by atoms with Crippen LogP contribution in [0, 0.1) is 0 Å². The molecule has 0 aliphatic carbocycles. The number of nitrogens with two attached hydrogens (primary N) is 1. The minimum absolute atomic E-state index is 0.450. The molecule has 98 valence electrons. The van der Waals surface area contributed by atoms with Gasteiger partial charge < -0.3 is 15.2 Å². The van der Waals surface area contributed by atoms with E-state index in [9.17, 15) is 4.79 Å². The molecule has 0 heterocycles. The zero-order valence-electron chi connectivity index (χ0n) is 10.6. The van der Waals surface area contributed by atoms with Gasteiger partial charge in [0, 0.05) is 11.8 Å². The summed E-state index contributed by atoms with van der Waals surface area (Å²) in [6.07, 6.45) is -0.706. The van der Waals surface area contributed by atoms with Crippen molar-refractivity contribution in [3.63, 3.8) is 0 Å². The molecule has 0 unspecified atom stereocenters. The summed E-state index contributed by atoms with van der Waals surface area (Å²) in [5, 5.41) is 0. The molecule has 0 aromatic heterocycles. The van der Waals surface area contributed by atoms with E-state index in [0.29, 0.717) is 17.2 Å². The van der Waals surface area contributed by atoms with Crippen LogP contribution < -0.4 is 15.2 Å². The fraction of sp³-hybridized carbons (Fsp3) is 0.133. The average molecular weight is 257 g/mol. The summed E-state index contributed by atoms with van der Waals surface area (Å²) in [7, 11) is 0. The molecule has 0 saturated carbocycles. The number of esters is 1. The third-order valence-electron chi connectivity index (χ3n) is 2.46. The highest BCUT2D eigenvalue weighted by Crippen LogP contribution is 2.17. The Bertz CT molecular complexity index is 554. The van der Waals surface area contributed by atoms with Crippen LogP contribution >= 0.6 is 0 Å². The number of benzene rings is 2. The van der Waals surface area contributed by atoms with E-state index >= 15 is 0 Å². The van der Waals surface area contributed by atoms with E-state index < -0.39 is 12.1 Å². The summed E-state index contributed by atoms with van der Waals surface area (Å²) in [5.41, 5.74) is 6.22. The summed E-state index contributed by atoms with van der Waals surface area (Å²) < 4.78 is 10.7. The smallest absolute Gasteiger partial charge is 0.352 e. The molecule has 0 spiro atoms. The van der Waals surface area contributed by atoms with Gasteiger partial charge in [0.25, 0.3) is 0 Å². The van der Waals surface area contributed by atoms with Crippen molar-refractivity contribution in [2.24, 2.45) is 0 Å². The van der Waals surface area contributed by atoms with Gasteiger partial charge >= 0.3 is 5.97 Å². The summed E-state index contributed by atoms with van der Waals surface area (Å²) in [4.78, 5) is 11.8. The Hall–Kier alpha value is -2.49. The fourth-order valence-corrected chi connectivity index (χ4v) is 1.53. The van der Waals surface area contributed by atoms with Gasteiger partial charge in [0.15, 0.2) is 6.10 Å². The molecule has 2 aromatic carbocycles. The summed E-state index contributed by atoms with van der Waals surface area (Å²) in [5.74, 6) is 0.585.